The number of aliphatic carboxylic acids is 1. The number of ether oxygens (including phenoxy) is 1. The minimum Gasteiger partial charge on any atom is -0.507 e. The first kappa shape index (κ1) is 24.3. The molecule has 2 aliphatic rings. The molecule has 0 radical (unpaired) electrons. The normalized spacial score (nSPS) is 21.2. The van der Waals surface area contributed by atoms with Crippen molar-refractivity contribution in [2.45, 2.75) is 30.3 Å². The predicted molar refractivity (Wildman–Crippen MR) is 126 cm³/mol. The fraction of sp³-hybridized carbons (Fsp3) is 0.333. The summed E-state index contributed by atoms with van der Waals surface area (Å²) in [5.74, 6) is -1.91. The molecule has 4 rings (SSSR count). The molecule has 1 saturated heterocycles. The van der Waals surface area contributed by atoms with Gasteiger partial charge in [0.1, 0.15) is 5.57 Å². The Morgan fingerprint density at radius 2 is 1.97 bits per heavy atom. The summed E-state index contributed by atoms with van der Waals surface area (Å²) in [5, 5.41) is 20.5. The highest BCUT2D eigenvalue weighted by molar-refractivity contribution is 7.90. The summed E-state index contributed by atoms with van der Waals surface area (Å²) in [6.45, 7) is 2.16. The SMILES string of the molecule is Cc1cc(-c2cccc(S(C)(=O)=O)c2)c(Cl)cc1C1=C(O)C2(CCCN(CC(=O)O)C2)OC1=O. The Labute approximate surface area is 202 Å². The fourth-order valence-corrected chi connectivity index (χ4v) is 5.56. The van der Waals surface area contributed by atoms with Gasteiger partial charge in [-0.3, -0.25) is 9.69 Å². The number of benzene rings is 2. The first-order valence-corrected chi connectivity index (χ1v) is 12.9. The summed E-state index contributed by atoms with van der Waals surface area (Å²) in [6.07, 6.45) is 2.07. The van der Waals surface area contributed by atoms with Crippen LogP contribution in [0.2, 0.25) is 5.02 Å². The summed E-state index contributed by atoms with van der Waals surface area (Å²) in [6, 6.07) is 9.69. The lowest BCUT2D eigenvalue weighted by molar-refractivity contribution is -0.153. The maximum atomic E-state index is 12.9. The molecule has 0 saturated carbocycles. The molecule has 10 heteroatoms. The average molecular weight is 506 g/mol. The third kappa shape index (κ3) is 4.43. The number of carbonyl (C=O) groups is 2. The number of likely N-dealkylation sites (tertiary alicyclic amines) is 1. The molecule has 0 aromatic heterocycles. The van der Waals surface area contributed by atoms with Gasteiger partial charge in [0.2, 0.25) is 0 Å². The third-order valence-corrected chi connectivity index (χ3v) is 7.63. The van der Waals surface area contributed by atoms with E-state index in [-0.39, 0.29) is 34.3 Å². The molecule has 34 heavy (non-hydrogen) atoms. The Bertz CT molecular complexity index is 1330. The highest BCUT2D eigenvalue weighted by atomic mass is 35.5. The zero-order valence-electron chi connectivity index (χ0n) is 18.7. The number of carboxylic acid groups (broad SMARTS) is 1. The van der Waals surface area contributed by atoms with Crippen LogP contribution in [0, 0.1) is 6.92 Å². The number of carbonyl (C=O) groups excluding carboxylic acids is 1. The Balaban J connectivity index is 1.75. The number of nitrogens with zero attached hydrogens (tertiary/aromatic N) is 1. The molecule has 1 unspecified atom stereocenters. The molecule has 1 spiro atoms. The lowest BCUT2D eigenvalue weighted by Crippen LogP contribution is -2.51. The van der Waals surface area contributed by atoms with Gasteiger partial charge in [0.15, 0.2) is 21.2 Å². The number of piperidine rings is 1. The van der Waals surface area contributed by atoms with E-state index in [2.05, 4.69) is 0 Å². The second kappa shape index (κ2) is 8.72. The summed E-state index contributed by atoms with van der Waals surface area (Å²) in [5.41, 5.74) is 0.943. The Morgan fingerprint density at radius 3 is 2.65 bits per heavy atom. The van der Waals surface area contributed by atoms with Crippen molar-refractivity contribution in [1.29, 1.82) is 0 Å². The van der Waals surface area contributed by atoms with Gasteiger partial charge in [0.05, 0.1) is 11.4 Å². The zero-order chi connectivity index (χ0) is 24.8. The smallest absolute Gasteiger partial charge is 0.343 e. The largest absolute Gasteiger partial charge is 0.507 e. The molecule has 0 aliphatic carbocycles. The van der Waals surface area contributed by atoms with E-state index in [9.17, 15) is 23.1 Å². The summed E-state index contributed by atoms with van der Waals surface area (Å²) in [4.78, 5) is 25.8. The van der Waals surface area contributed by atoms with Gasteiger partial charge in [-0.1, -0.05) is 23.7 Å². The monoisotopic (exact) mass is 505 g/mol. The summed E-state index contributed by atoms with van der Waals surface area (Å²) in [7, 11) is -3.41. The van der Waals surface area contributed by atoms with Crippen LogP contribution < -0.4 is 0 Å². The number of halogens is 1. The maximum Gasteiger partial charge on any atom is 0.343 e. The van der Waals surface area contributed by atoms with E-state index in [1.807, 2.05) is 0 Å². The molecule has 1 fully saturated rings. The minimum atomic E-state index is -3.41. The van der Waals surface area contributed by atoms with Crippen LogP contribution in [0.4, 0.5) is 0 Å². The highest BCUT2D eigenvalue weighted by Crippen LogP contribution is 2.44. The van der Waals surface area contributed by atoms with Crippen LogP contribution in [0.3, 0.4) is 0 Å². The van der Waals surface area contributed by atoms with Crippen molar-refractivity contribution in [1.82, 2.24) is 4.90 Å². The maximum absolute atomic E-state index is 12.9. The van der Waals surface area contributed by atoms with Crippen LogP contribution in [0.15, 0.2) is 47.1 Å². The van der Waals surface area contributed by atoms with E-state index in [4.69, 9.17) is 21.4 Å². The average Bonchev–Trinajstić information content (AvgIpc) is 2.97. The molecular weight excluding hydrogens is 482 g/mol. The molecule has 8 nitrogen and oxygen atoms in total. The van der Waals surface area contributed by atoms with Crippen LogP contribution in [-0.4, -0.2) is 67.0 Å². The van der Waals surface area contributed by atoms with Gasteiger partial charge in [-0.25, -0.2) is 13.2 Å². The van der Waals surface area contributed by atoms with Crippen molar-refractivity contribution in [2.75, 3.05) is 25.9 Å². The lowest BCUT2D eigenvalue weighted by Gasteiger charge is -2.38. The quantitative estimate of drug-likeness (QED) is 0.592. The number of sulfone groups is 1. The number of carboxylic acids is 1. The van der Waals surface area contributed by atoms with Crippen LogP contribution >= 0.6 is 11.6 Å². The topological polar surface area (TPSA) is 121 Å². The van der Waals surface area contributed by atoms with Crippen molar-refractivity contribution in [2.24, 2.45) is 0 Å². The number of hydrogen-bond acceptors (Lipinski definition) is 7. The zero-order valence-corrected chi connectivity index (χ0v) is 20.2. The number of aliphatic hydroxyl groups excluding tert-OH is 1. The fourth-order valence-electron chi connectivity index (χ4n) is 4.62. The van der Waals surface area contributed by atoms with Gasteiger partial charge < -0.3 is 14.9 Å². The molecule has 2 heterocycles. The Morgan fingerprint density at radius 1 is 1.24 bits per heavy atom. The third-order valence-electron chi connectivity index (χ3n) is 6.21. The molecule has 2 N–H and O–H groups in total. The number of hydrogen-bond donors (Lipinski definition) is 2. The van der Waals surface area contributed by atoms with Crippen molar-refractivity contribution in [3.8, 4) is 11.1 Å². The summed E-state index contributed by atoms with van der Waals surface area (Å²) < 4.78 is 29.5. The second-order valence-electron chi connectivity index (χ2n) is 8.76. The molecular formula is C24H24ClNO7S. The molecule has 0 amide bonds. The van der Waals surface area contributed by atoms with Crippen LogP contribution in [0.5, 0.6) is 0 Å². The van der Waals surface area contributed by atoms with Crippen LogP contribution in [0.1, 0.15) is 24.0 Å². The van der Waals surface area contributed by atoms with E-state index in [0.717, 1.165) is 6.26 Å². The van der Waals surface area contributed by atoms with Gasteiger partial charge in [-0.05, 0) is 67.3 Å². The molecule has 2 aromatic rings. The minimum absolute atomic E-state index is 0.00742. The molecule has 0 bridgehead atoms. The number of esters is 1. The molecule has 1 atom stereocenters. The number of rotatable bonds is 5. The van der Waals surface area contributed by atoms with Crippen LogP contribution in [0.25, 0.3) is 16.7 Å². The van der Waals surface area contributed by atoms with Crippen molar-refractivity contribution < 1.29 is 33.0 Å². The Kier molecular flexibility index (Phi) is 6.22. The van der Waals surface area contributed by atoms with Crippen molar-refractivity contribution in [3.05, 3.63) is 58.3 Å². The Hall–Kier alpha value is -2.88. The van der Waals surface area contributed by atoms with E-state index >= 15 is 0 Å². The van der Waals surface area contributed by atoms with E-state index < -0.39 is 27.4 Å². The number of aliphatic hydroxyl groups is 1. The van der Waals surface area contributed by atoms with Gasteiger partial charge >= 0.3 is 11.9 Å². The van der Waals surface area contributed by atoms with E-state index in [1.54, 1.807) is 36.1 Å². The first-order valence-electron chi connectivity index (χ1n) is 10.6. The molecule has 180 valence electrons. The highest BCUT2D eigenvalue weighted by Gasteiger charge is 2.51. The first-order chi connectivity index (χ1) is 15.9. The van der Waals surface area contributed by atoms with Crippen LogP contribution in [-0.2, 0) is 24.2 Å². The predicted octanol–water partition coefficient (Wildman–Crippen LogP) is 3.46. The second-order valence-corrected chi connectivity index (χ2v) is 11.2. The number of aryl methyl sites for hydroxylation is 1. The van der Waals surface area contributed by atoms with Gasteiger partial charge in [0, 0.05) is 23.4 Å². The van der Waals surface area contributed by atoms with E-state index in [0.29, 0.717) is 41.6 Å². The summed E-state index contributed by atoms with van der Waals surface area (Å²) >= 11 is 6.55. The standard InChI is InChI=1S/C24H24ClNO7S/c1-14-9-18(15-5-3-6-16(10-15)34(2,31)32)19(25)11-17(14)21-22(29)24(33-23(21)30)7-4-8-26(13-24)12-20(27)28/h3,5-6,9-11,29H,4,7-8,12-13H2,1-2H3,(H,27,28). The van der Waals surface area contributed by atoms with Gasteiger partial charge in [0.25, 0.3) is 0 Å². The van der Waals surface area contributed by atoms with Gasteiger partial charge in [-0.15, -0.1) is 0 Å². The van der Waals surface area contributed by atoms with E-state index in [1.165, 1.54) is 12.1 Å². The van der Waals surface area contributed by atoms with Crippen molar-refractivity contribution in [3.63, 3.8) is 0 Å². The van der Waals surface area contributed by atoms with Gasteiger partial charge in [-0.2, -0.15) is 0 Å². The molecule has 2 aromatic carbocycles. The molecule has 2 aliphatic heterocycles. The lowest BCUT2D eigenvalue weighted by atomic mass is 9.87. The van der Waals surface area contributed by atoms with Crippen molar-refractivity contribution >= 4 is 38.9 Å².